The molecular weight excluding hydrogens is 630 g/mol. The van der Waals surface area contributed by atoms with Crippen molar-refractivity contribution in [3.8, 4) is 22.3 Å². The first-order chi connectivity index (χ1) is 21.7. The molecule has 45 heavy (non-hydrogen) atoms. The first-order valence-electron chi connectivity index (χ1n) is 14.0. The van der Waals surface area contributed by atoms with Crippen molar-refractivity contribution in [1.82, 2.24) is 15.3 Å². The normalized spacial score (nSPS) is 12.4. The molecule has 5 aromatic rings. The molecule has 2 heterocycles. The second-order valence-electron chi connectivity index (χ2n) is 10.5. The molecule has 11 heteroatoms. The van der Waals surface area contributed by atoms with Gasteiger partial charge < -0.3 is 15.2 Å². The summed E-state index contributed by atoms with van der Waals surface area (Å²) in [5, 5.41) is 13.6. The fourth-order valence-electron chi connectivity index (χ4n) is 5.39. The summed E-state index contributed by atoms with van der Waals surface area (Å²) in [7, 11) is -3.49. The summed E-state index contributed by atoms with van der Waals surface area (Å²) < 4.78 is 30.1. The van der Waals surface area contributed by atoms with Crippen LogP contribution in [0.3, 0.4) is 0 Å². The fourth-order valence-corrected chi connectivity index (χ4v) is 7.33. The molecule has 2 aromatic heterocycles. The third kappa shape index (κ3) is 6.60. The Kier molecular flexibility index (Phi) is 8.91. The zero-order valence-corrected chi connectivity index (χ0v) is 26.5. The van der Waals surface area contributed by atoms with E-state index in [1.165, 1.54) is 24.0 Å². The highest BCUT2D eigenvalue weighted by molar-refractivity contribution is 7.99. The van der Waals surface area contributed by atoms with Gasteiger partial charge in [0, 0.05) is 53.3 Å². The second-order valence-corrected chi connectivity index (χ2v) is 14.0. The van der Waals surface area contributed by atoms with Gasteiger partial charge in [-0.25, -0.2) is 18.2 Å². The number of amides is 1. The van der Waals surface area contributed by atoms with Crippen LogP contribution in [-0.2, 0) is 27.7 Å². The summed E-state index contributed by atoms with van der Waals surface area (Å²) in [6.45, 7) is 0.0240. The number of alkyl carbamates (subject to hydrolysis) is 1. The predicted molar refractivity (Wildman–Crippen MR) is 174 cm³/mol. The highest BCUT2D eigenvalue weighted by Gasteiger charge is 2.29. The van der Waals surface area contributed by atoms with E-state index in [9.17, 15) is 18.3 Å². The number of halogens is 1. The molecule has 0 aliphatic heterocycles. The molecule has 0 radical (unpaired) electrons. The van der Waals surface area contributed by atoms with Gasteiger partial charge in [-0.2, -0.15) is 0 Å². The minimum absolute atomic E-state index is 0.0626. The molecular formula is C34H28ClN3O5S2. The lowest BCUT2D eigenvalue weighted by molar-refractivity contribution is 0.142. The number of pyridine rings is 2. The predicted octanol–water partition coefficient (Wildman–Crippen LogP) is 6.88. The second kappa shape index (κ2) is 13.0. The minimum Gasteiger partial charge on any atom is -0.449 e. The Morgan fingerprint density at radius 2 is 1.67 bits per heavy atom. The van der Waals surface area contributed by atoms with Gasteiger partial charge in [-0.1, -0.05) is 78.0 Å². The summed E-state index contributed by atoms with van der Waals surface area (Å²) in [5.74, 6) is -0.0808. The summed E-state index contributed by atoms with van der Waals surface area (Å²) >= 11 is 8.09. The van der Waals surface area contributed by atoms with Crippen LogP contribution in [-0.4, -0.2) is 42.4 Å². The van der Waals surface area contributed by atoms with Gasteiger partial charge in [-0.3, -0.25) is 4.98 Å². The van der Waals surface area contributed by atoms with Crippen LogP contribution < -0.4 is 5.32 Å². The number of carbonyl (C=O) groups excluding carboxylic acids is 1. The number of benzene rings is 3. The smallest absolute Gasteiger partial charge is 0.407 e. The summed E-state index contributed by atoms with van der Waals surface area (Å²) in [4.78, 5) is 22.3. The Morgan fingerprint density at radius 3 is 2.36 bits per heavy atom. The first kappa shape index (κ1) is 30.8. The van der Waals surface area contributed by atoms with Crippen molar-refractivity contribution in [2.45, 2.75) is 33.9 Å². The topological polar surface area (TPSA) is 118 Å². The molecule has 228 valence electrons. The molecule has 1 aliphatic carbocycles. The maximum absolute atomic E-state index is 13.1. The van der Waals surface area contributed by atoms with Crippen molar-refractivity contribution < 1.29 is 23.1 Å². The van der Waals surface area contributed by atoms with Crippen LogP contribution in [0.2, 0.25) is 5.02 Å². The monoisotopic (exact) mass is 657 g/mol. The van der Waals surface area contributed by atoms with Gasteiger partial charge in [-0.05, 0) is 57.6 Å². The maximum atomic E-state index is 13.1. The zero-order valence-electron chi connectivity index (χ0n) is 24.1. The van der Waals surface area contributed by atoms with Gasteiger partial charge >= 0.3 is 6.09 Å². The van der Waals surface area contributed by atoms with Crippen LogP contribution in [0.25, 0.3) is 22.3 Å². The van der Waals surface area contributed by atoms with Crippen molar-refractivity contribution in [2.75, 3.05) is 12.9 Å². The number of aromatic nitrogens is 2. The lowest BCUT2D eigenvalue weighted by Gasteiger charge is -2.17. The highest BCUT2D eigenvalue weighted by atomic mass is 35.5. The summed E-state index contributed by atoms with van der Waals surface area (Å²) in [5.41, 5.74) is 6.96. The maximum Gasteiger partial charge on any atom is 0.407 e. The standard InChI is InChI=1S/C34H28ClN3O5S2/c1-45(41,42)25-14-23(16-36-18-25)22-13-24(32(31(35)15-22)44-33-21(19-39)7-6-12-37-33)17-38-34(40)43-20-30-28-10-4-2-8-26(28)27-9-3-5-11-29(27)30/h2-16,18,30,39H,17,19-20H2,1H3,(H,38,40). The third-order valence-corrected chi connectivity index (χ3v) is 10.3. The van der Waals surface area contributed by atoms with Gasteiger partial charge in [0.1, 0.15) is 11.6 Å². The van der Waals surface area contributed by atoms with E-state index >= 15 is 0 Å². The molecule has 1 amide bonds. The number of nitrogens with one attached hydrogen (secondary N) is 1. The number of nitrogens with zero attached hydrogens (tertiary/aromatic N) is 2. The van der Waals surface area contributed by atoms with Crippen molar-refractivity contribution in [1.29, 1.82) is 0 Å². The SMILES string of the molecule is CS(=O)(=O)c1cncc(-c2cc(Cl)c(Sc3ncccc3CO)c(CNC(=O)OCC3c4ccccc4-c4ccccc43)c2)c1. The van der Waals surface area contributed by atoms with Gasteiger partial charge in [0.25, 0.3) is 0 Å². The van der Waals surface area contributed by atoms with Gasteiger partial charge in [-0.15, -0.1) is 0 Å². The Morgan fingerprint density at radius 1 is 0.956 bits per heavy atom. The average molecular weight is 658 g/mol. The van der Waals surface area contributed by atoms with E-state index in [-0.39, 0.29) is 30.6 Å². The van der Waals surface area contributed by atoms with Crippen LogP contribution in [0.1, 0.15) is 28.2 Å². The van der Waals surface area contributed by atoms with Crippen LogP contribution in [0.5, 0.6) is 0 Å². The average Bonchev–Trinajstić information content (AvgIpc) is 3.37. The molecule has 1 aliphatic rings. The molecule has 0 atom stereocenters. The first-order valence-corrected chi connectivity index (χ1v) is 17.1. The molecule has 8 nitrogen and oxygen atoms in total. The number of hydrogen-bond donors (Lipinski definition) is 2. The third-order valence-electron chi connectivity index (χ3n) is 7.58. The van der Waals surface area contributed by atoms with E-state index in [1.807, 2.05) is 30.3 Å². The molecule has 6 rings (SSSR count). The number of fused-ring (bicyclic) bond motifs is 3. The number of sulfone groups is 1. The molecule has 0 saturated heterocycles. The van der Waals surface area contributed by atoms with Gasteiger partial charge in [0.15, 0.2) is 9.84 Å². The Labute approximate surface area is 270 Å². The molecule has 0 fully saturated rings. The van der Waals surface area contributed by atoms with Crippen LogP contribution in [0, 0.1) is 0 Å². The Hall–Kier alpha value is -4.22. The van der Waals surface area contributed by atoms with Gasteiger partial charge in [0.05, 0.1) is 16.5 Å². The number of aliphatic hydroxyl groups is 1. The van der Waals surface area contributed by atoms with Crippen LogP contribution >= 0.6 is 23.4 Å². The number of carbonyl (C=O) groups is 1. The van der Waals surface area contributed by atoms with E-state index in [0.29, 0.717) is 37.2 Å². The fraction of sp³-hybridized carbons (Fsp3) is 0.147. The van der Waals surface area contributed by atoms with E-state index in [2.05, 4.69) is 39.6 Å². The number of ether oxygens (including phenoxy) is 1. The Balaban J connectivity index is 1.26. The van der Waals surface area contributed by atoms with Crippen molar-refractivity contribution in [3.05, 3.63) is 125 Å². The Bertz CT molecular complexity index is 1970. The molecule has 0 saturated carbocycles. The van der Waals surface area contributed by atoms with Crippen molar-refractivity contribution in [2.24, 2.45) is 0 Å². The van der Waals surface area contributed by atoms with Crippen LogP contribution in [0.15, 0.2) is 112 Å². The lowest BCUT2D eigenvalue weighted by atomic mass is 9.98. The van der Waals surface area contributed by atoms with Crippen LogP contribution in [0.4, 0.5) is 4.79 Å². The summed E-state index contributed by atoms with van der Waals surface area (Å²) in [6, 6.07) is 24.8. The lowest BCUT2D eigenvalue weighted by Crippen LogP contribution is -2.26. The number of hydrogen-bond acceptors (Lipinski definition) is 8. The van der Waals surface area contributed by atoms with Crippen molar-refractivity contribution >= 4 is 39.3 Å². The molecule has 0 unspecified atom stereocenters. The molecule has 0 spiro atoms. The van der Waals surface area contributed by atoms with Crippen molar-refractivity contribution in [3.63, 3.8) is 0 Å². The van der Waals surface area contributed by atoms with E-state index in [1.54, 1.807) is 30.6 Å². The minimum atomic E-state index is -3.49. The van der Waals surface area contributed by atoms with Gasteiger partial charge in [0.2, 0.25) is 0 Å². The quantitative estimate of drug-likeness (QED) is 0.176. The molecule has 0 bridgehead atoms. The zero-order chi connectivity index (χ0) is 31.6. The summed E-state index contributed by atoms with van der Waals surface area (Å²) in [6.07, 6.45) is 5.00. The molecule has 2 N–H and O–H groups in total. The van der Waals surface area contributed by atoms with E-state index < -0.39 is 15.9 Å². The van der Waals surface area contributed by atoms with E-state index in [0.717, 1.165) is 28.5 Å². The largest absolute Gasteiger partial charge is 0.449 e. The number of rotatable bonds is 9. The highest BCUT2D eigenvalue weighted by Crippen LogP contribution is 2.44. The number of aliphatic hydroxyl groups excluding tert-OH is 1. The van der Waals surface area contributed by atoms with E-state index in [4.69, 9.17) is 16.3 Å². The molecule has 3 aromatic carbocycles.